The second kappa shape index (κ2) is 8.48. The highest BCUT2D eigenvalue weighted by Gasteiger charge is 2.19. The smallest absolute Gasteiger partial charge is 0.269 e. The number of hydrogen-bond acceptors (Lipinski definition) is 4. The minimum atomic E-state index is -0.390. The van der Waals surface area contributed by atoms with Crippen molar-refractivity contribution in [2.24, 2.45) is 0 Å². The topological polar surface area (TPSA) is 84.3 Å². The maximum atomic E-state index is 11.9. The van der Waals surface area contributed by atoms with E-state index in [2.05, 4.69) is 10.6 Å². The molecule has 1 aromatic carbocycles. The molecule has 0 spiro atoms. The zero-order chi connectivity index (χ0) is 15.8. The molecule has 1 heterocycles. The van der Waals surface area contributed by atoms with E-state index in [9.17, 15) is 14.9 Å². The fraction of sp³-hybridized carbons (Fsp3) is 0.562. The standard InChI is InChI=1S/C16H23N3O3/c20-16(15-6-2-4-11-17-15)18-12-3-1-5-13-7-9-14(10-8-13)19(21)22/h7-10,15,17H,1-6,11-12H2,(H,18,20). The van der Waals surface area contributed by atoms with Crippen molar-refractivity contribution in [2.45, 2.75) is 44.6 Å². The molecule has 1 aliphatic rings. The SMILES string of the molecule is O=C(NCCCCc1ccc([N+](=O)[O-])cc1)C1CCCCN1. The molecule has 1 amide bonds. The number of nitro benzene ring substituents is 1. The van der Waals surface area contributed by atoms with Gasteiger partial charge in [-0.3, -0.25) is 14.9 Å². The van der Waals surface area contributed by atoms with Crippen molar-refractivity contribution in [2.75, 3.05) is 13.1 Å². The van der Waals surface area contributed by atoms with Gasteiger partial charge in [-0.05, 0) is 44.2 Å². The average Bonchev–Trinajstić information content (AvgIpc) is 2.55. The Bertz CT molecular complexity index is 496. The first-order chi connectivity index (χ1) is 10.7. The predicted molar refractivity (Wildman–Crippen MR) is 84.7 cm³/mol. The molecule has 0 radical (unpaired) electrons. The van der Waals surface area contributed by atoms with Crippen LogP contribution in [-0.2, 0) is 11.2 Å². The van der Waals surface area contributed by atoms with Gasteiger partial charge in [0, 0.05) is 18.7 Å². The van der Waals surface area contributed by atoms with Crippen LogP contribution in [0.15, 0.2) is 24.3 Å². The van der Waals surface area contributed by atoms with Crippen LogP contribution in [0.1, 0.15) is 37.7 Å². The highest BCUT2D eigenvalue weighted by molar-refractivity contribution is 5.81. The Hall–Kier alpha value is -1.95. The van der Waals surface area contributed by atoms with Gasteiger partial charge in [0.1, 0.15) is 0 Å². The average molecular weight is 305 g/mol. The summed E-state index contributed by atoms with van der Waals surface area (Å²) in [4.78, 5) is 22.1. The summed E-state index contributed by atoms with van der Waals surface area (Å²) in [7, 11) is 0. The minimum Gasteiger partial charge on any atom is -0.355 e. The summed E-state index contributed by atoms with van der Waals surface area (Å²) >= 11 is 0. The molecule has 1 saturated heterocycles. The van der Waals surface area contributed by atoms with Crippen LogP contribution in [0, 0.1) is 10.1 Å². The first kappa shape index (κ1) is 16.4. The molecule has 22 heavy (non-hydrogen) atoms. The fourth-order valence-electron chi connectivity index (χ4n) is 2.65. The zero-order valence-corrected chi connectivity index (χ0v) is 12.7. The highest BCUT2D eigenvalue weighted by atomic mass is 16.6. The summed E-state index contributed by atoms with van der Waals surface area (Å²) < 4.78 is 0. The third kappa shape index (κ3) is 5.11. The summed E-state index contributed by atoms with van der Waals surface area (Å²) in [5, 5.41) is 16.8. The van der Waals surface area contributed by atoms with Gasteiger partial charge in [-0.25, -0.2) is 0 Å². The van der Waals surface area contributed by atoms with Crippen LogP contribution in [0.2, 0.25) is 0 Å². The Balaban J connectivity index is 1.60. The molecular weight excluding hydrogens is 282 g/mol. The maximum absolute atomic E-state index is 11.9. The lowest BCUT2D eigenvalue weighted by molar-refractivity contribution is -0.384. The second-order valence-corrected chi connectivity index (χ2v) is 5.67. The lowest BCUT2D eigenvalue weighted by atomic mass is 10.0. The summed E-state index contributed by atoms with van der Waals surface area (Å²) in [6, 6.07) is 6.63. The zero-order valence-electron chi connectivity index (χ0n) is 12.7. The number of hydrogen-bond donors (Lipinski definition) is 2. The largest absolute Gasteiger partial charge is 0.355 e. The number of piperidine rings is 1. The van der Waals surface area contributed by atoms with Crippen molar-refractivity contribution in [1.82, 2.24) is 10.6 Å². The molecular formula is C16H23N3O3. The number of carbonyl (C=O) groups is 1. The third-order valence-electron chi connectivity index (χ3n) is 3.97. The van der Waals surface area contributed by atoms with E-state index in [0.717, 1.165) is 50.6 Å². The van der Waals surface area contributed by atoms with Crippen LogP contribution < -0.4 is 10.6 Å². The molecule has 6 heteroatoms. The van der Waals surface area contributed by atoms with E-state index in [0.29, 0.717) is 6.54 Å². The number of aryl methyl sites for hydroxylation is 1. The Kier molecular flexibility index (Phi) is 6.33. The van der Waals surface area contributed by atoms with Crippen LogP contribution in [-0.4, -0.2) is 30.0 Å². The molecule has 0 aromatic heterocycles. The van der Waals surface area contributed by atoms with Gasteiger partial charge < -0.3 is 10.6 Å². The van der Waals surface area contributed by atoms with Crippen molar-refractivity contribution in [3.05, 3.63) is 39.9 Å². The van der Waals surface area contributed by atoms with Crippen molar-refractivity contribution in [3.63, 3.8) is 0 Å². The monoisotopic (exact) mass is 305 g/mol. The molecule has 2 N–H and O–H groups in total. The molecule has 0 aliphatic carbocycles. The number of carbonyl (C=O) groups excluding carboxylic acids is 1. The summed E-state index contributed by atoms with van der Waals surface area (Å²) in [6.45, 7) is 1.61. The number of rotatable bonds is 7. The molecule has 1 atom stereocenters. The predicted octanol–water partition coefficient (Wildman–Crippen LogP) is 2.18. The molecule has 2 rings (SSSR count). The number of non-ortho nitro benzene ring substituents is 1. The Labute approximate surface area is 130 Å². The van der Waals surface area contributed by atoms with Crippen LogP contribution in [0.3, 0.4) is 0 Å². The number of nitrogens with zero attached hydrogens (tertiary/aromatic N) is 1. The summed E-state index contributed by atoms with van der Waals surface area (Å²) in [5.41, 5.74) is 1.21. The summed E-state index contributed by atoms with van der Waals surface area (Å²) in [5.74, 6) is 0.107. The van der Waals surface area contributed by atoms with Crippen molar-refractivity contribution in [3.8, 4) is 0 Å². The van der Waals surface area contributed by atoms with E-state index < -0.39 is 4.92 Å². The van der Waals surface area contributed by atoms with E-state index in [1.54, 1.807) is 12.1 Å². The van der Waals surface area contributed by atoms with E-state index in [-0.39, 0.29) is 17.6 Å². The normalized spacial score (nSPS) is 17.9. The molecule has 1 fully saturated rings. The number of benzene rings is 1. The van der Waals surface area contributed by atoms with Crippen LogP contribution in [0.4, 0.5) is 5.69 Å². The van der Waals surface area contributed by atoms with Crippen molar-refractivity contribution >= 4 is 11.6 Å². The van der Waals surface area contributed by atoms with Gasteiger partial charge in [-0.2, -0.15) is 0 Å². The fourth-order valence-corrected chi connectivity index (χ4v) is 2.65. The van der Waals surface area contributed by atoms with E-state index in [1.165, 1.54) is 12.1 Å². The van der Waals surface area contributed by atoms with E-state index in [4.69, 9.17) is 0 Å². The van der Waals surface area contributed by atoms with Crippen molar-refractivity contribution in [1.29, 1.82) is 0 Å². The van der Waals surface area contributed by atoms with Gasteiger partial charge in [-0.15, -0.1) is 0 Å². The van der Waals surface area contributed by atoms with E-state index >= 15 is 0 Å². The first-order valence-electron chi connectivity index (χ1n) is 7.91. The van der Waals surface area contributed by atoms with Gasteiger partial charge >= 0.3 is 0 Å². The third-order valence-corrected chi connectivity index (χ3v) is 3.97. The van der Waals surface area contributed by atoms with Gasteiger partial charge in [0.2, 0.25) is 5.91 Å². The minimum absolute atomic E-state index is 0.0246. The lowest BCUT2D eigenvalue weighted by Gasteiger charge is -2.22. The van der Waals surface area contributed by atoms with E-state index in [1.807, 2.05) is 0 Å². The van der Waals surface area contributed by atoms with Crippen LogP contribution >= 0.6 is 0 Å². The first-order valence-corrected chi connectivity index (χ1v) is 7.91. The Morgan fingerprint density at radius 2 is 2.05 bits per heavy atom. The van der Waals surface area contributed by atoms with Gasteiger partial charge in [0.15, 0.2) is 0 Å². The van der Waals surface area contributed by atoms with Crippen molar-refractivity contribution < 1.29 is 9.72 Å². The number of unbranched alkanes of at least 4 members (excludes halogenated alkanes) is 1. The molecule has 6 nitrogen and oxygen atoms in total. The highest BCUT2D eigenvalue weighted by Crippen LogP contribution is 2.13. The number of nitro groups is 1. The molecule has 1 unspecified atom stereocenters. The quantitative estimate of drug-likeness (QED) is 0.459. The van der Waals surface area contributed by atoms with Gasteiger partial charge in [0.25, 0.3) is 5.69 Å². The number of amides is 1. The van der Waals surface area contributed by atoms with Crippen LogP contribution in [0.5, 0.6) is 0 Å². The molecule has 1 aromatic rings. The van der Waals surface area contributed by atoms with Crippen LogP contribution in [0.25, 0.3) is 0 Å². The Morgan fingerprint density at radius 3 is 2.68 bits per heavy atom. The van der Waals surface area contributed by atoms with Gasteiger partial charge in [0.05, 0.1) is 11.0 Å². The lowest BCUT2D eigenvalue weighted by Crippen LogP contribution is -2.46. The summed E-state index contributed by atoms with van der Waals surface area (Å²) in [6.07, 6.45) is 5.93. The number of nitrogens with one attached hydrogen (secondary N) is 2. The maximum Gasteiger partial charge on any atom is 0.269 e. The second-order valence-electron chi connectivity index (χ2n) is 5.67. The van der Waals surface area contributed by atoms with Gasteiger partial charge in [-0.1, -0.05) is 18.6 Å². The Morgan fingerprint density at radius 1 is 1.27 bits per heavy atom. The molecule has 120 valence electrons. The molecule has 0 saturated carbocycles. The molecule has 1 aliphatic heterocycles. The molecule has 0 bridgehead atoms.